The molecule has 0 unspecified atom stereocenters. The molecule has 0 atom stereocenters. The van der Waals surface area contributed by atoms with Gasteiger partial charge in [0.2, 0.25) is 0 Å². The highest BCUT2D eigenvalue weighted by atomic mass is 16.5. The summed E-state index contributed by atoms with van der Waals surface area (Å²) in [4.78, 5) is 0. The van der Waals surface area contributed by atoms with Gasteiger partial charge >= 0.3 is 0 Å². The van der Waals surface area contributed by atoms with Crippen molar-refractivity contribution in [3.63, 3.8) is 0 Å². The first kappa shape index (κ1) is 11.3. The zero-order valence-electron chi connectivity index (χ0n) is 9.77. The maximum absolute atomic E-state index is 9.81. The van der Waals surface area contributed by atoms with Crippen molar-refractivity contribution in [1.82, 2.24) is 0 Å². The highest BCUT2D eigenvalue weighted by Gasteiger charge is 2.10. The van der Waals surface area contributed by atoms with E-state index in [4.69, 9.17) is 4.74 Å². The topological polar surface area (TPSA) is 49.7 Å². The molecule has 0 heterocycles. The van der Waals surface area contributed by atoms with Crippen LogP contribution >= 0.6 is 0 Å². The van der Waals surface area contributed by atoms with Crippen LogP contribution in [0, 0.1) is 13.8 Å². The first-order valence-corrected chi connectivity index (χ1v) is 5.34. The Bertz CT molecular complexity index is 498. The predicted octanol–water partition coefficient (Wildman–Crippen LogP) is 3.51. The zero-order chi connectivity index (χ0) is 12.4. The van der Waals surface area contributed by atoms with E-state index in [1.807, 2.05) is 0 Å². The molecule has 0 radical (unpaired) electrons. The van der Waals surface area contributed by atoms with E-state index < -0.39 is 0 Å². The van der Waals surface area contributed by atoms with E-state index in [1.54, 1.807) is 50.2 Å². The molecule has 0 bridgehead atoms. The summed E-state index contributed by atoms with van der Waals surface area (Å²) in [7, 11) is 0. The van der Waals surface area contributed by atoms with Crippen molar-refractivity contribution in [1.29, 1.82) is 0 Å². The molecule has 2 aromatic rings. The third kappa shape index (κ3) is 2.18. The minimum absolute atomic E-state index is 0.0911. The average molecular weight is 230 g/mol. The molecule has 0 aromatic heterocycles. The van der Waals surface area contributed by atoms with Gasteiger partial charge in [-0.3, -0.25) is 0 Å². The van der Waals surface area contributed by atoms with Gasteiger partial charge in [-0.2, -0.15) is 0 Å². The van der Waals surface area contributed by atoms with Crippen LogP contribution in [-0.2, 0) is 0 Å². The van der Waals surface area contributed by atoms with Crippen molar-refractivity contribution < 1.29 is 14.9 Å². The maximum Gasteiger partial charge on any atom is 0.169 e. The van der Waals surface area contributed by atoms with Gasteiger partial charge in [-0.1, -0.05) is 24.3 Å². The van der Waals surface area contributed by atoms with Crippen LogP contribution in [0.1, 0.15) is 11.1 Å². The number of rotatable bonds is 2. The number of para-hydroxylation sites is 2. The standard InChI is InChI=1S/C14H14O3/c1-9-5-3-7-11(13(9)15)17-12-8-4-6-10(2)14(12)16/h3-8,15-16H,1-2H3. The van der Waals surface area contributed by atoms with Gasteiger partial charge in [-0.05, 0) is 37.1 Å². The zero-order valence-corrected chi connectivity index (χ0v) is 9.77. The summed E-state index contributed by atoms with van der Waals surface area (Å²) >= 11 is 0. The van der Waals surface area contributed by atoms with Crippen molar-refractivity contribution in [2.24, 2.45) is 0 Å². The molecule has 0 aliphatic carbocycles. The van der Waals surface area contributed by atoms with E-state index in [-0.39, 0.29) is 11.5 Å². The smallest absolute Gasteiger partial charge is 0.169 e. The summed E-state index contributed by atoms with van der Waals surface area (Å²) in [5.74, 6) is 0.860. The van der Waals surface area contributed by atoms with Crippen molar-refractivity contribution >= 4 is 0 Å². The highest BCUT2D eigenvalue weighted by molar-refractivity contribution is 5.51. The lowest BCUT2D eigenvalue weighted by Crippen LogP contribution is -1.88. The summed E-state index contributed by atoms with van der Waals surface area (Å²) in [6.07, 6.45) is 0. The monoisotopic (exact) mass is 230 g/mol. The fraction of sp³-hybridized carbons (Fsp3) is 0.143. The molecule has 0 aliphatic heterocycles. The molecular formula is C14H14O3. The van der Waals surface area contributed by atoms with Crippen LogP contribution in [0.3, 0.4) is 0 Å². The Morgan fingerprint density at radius 1 is 0.765 bits per heavy atom. The molecule has 0 saturated carbocycles. The van der Waals surface area contributed by atoms with Crippen LogP contribution in [0.25, 0.3) is 0 Å². The minimum atomic E-state index is 0.0911. The Labute approximate surface area is 99.9 Å². The summed E-state index contributed by atoms with van der Waals surface area (Å²) in [5.41, 5.74) is 1.46. The molecule has 2 rings (SSSR count). The third-order valence-electron chi connectivity index (χ3n) is 2.62. The van der Waals surface area contributed by atoms with E-state index >= 15 is 0 Å². The van der Waals surface area contributed by atoms with Gasteiger partial charge in [-0.15, -0.1) is 0 Å². The normalized spacial score (nSPS) is 10.2. The number of aryl methyl sites for hydroxylation is 2. The van der Waals surface area contributed by atoms with Crippen LogP contribution in [0.15, 0.2) is 36.4 Å². The van der Waals surface area contributed by atoms with Gasteiger partial charge in [0.25, 0.3) is 0 Å². The minimum Gasteiger partial charge on any atom is -0.504 e. The number of benzene rings is 2. The second-order valence-corrected chi connectivity index (χ2v) is 3.95. The van der Waals surface area contributed by atoms with Crippen molar-refractivity contribution in [3.05, 3.63) is 47.5 Å². The maximum atomic E-state index is 9.81. The predicted molar refractivity (Wildman–Crippen MR) is 65.8 cm³/mol. The van der Waals surface area contributed by atoms with Gasteiger partial charge in [0.05, 0.1) is 0 Å². The SMILES string of the molecule is Cc1cccc(Oc2cccc(C)c2O)c1O. The van der Waals surface area contributed by atoms with Crippen LogP contribution in [-0.4, -0.2) is 10.2 Å². The number of hydrogen-bond donors (Lipinski definition) is 2. The largest absolute Gasteiger partial charge is 0.504 e. The lowest BCUT2D eigenvalue weighted by molar-refractivity contribution is 0.382. The van der Waals surface area contributed by atoms with Gasteiger partial charge in [0, 0.05) is 0 Å². The molecule has 3 nitrogen and oxygen atoms in total. The molecule has 0 fully saturated rings. The molecule has 0 aliphatic rings. The van der Waals surface area contributed by atoms with Crippen molar-refractivity contribution in [2.75, 3.05) is 0 Å². The van der Waals surface area contributed by atoms with Crippen LogP contribution in [0.4, 0.5) is 0 Å². The second kappa shape index (κ2) is 4.37. The summed E-state index contributed by atoms with van der Waals surface area (Å²) in [6, 6.07) is 10.5. The fourth-order valence-corrected chi connectivity index (χ4v) is 1.55. The fourth-order valence-electron chi connectivity index (χ4n) is 1.55. The quantitative estimate of drug-likeness (QED) is 0.830. The van der Waals surface area contributed by atoms with Gasteiger partial charge in [0.15, 0.2) is 23.0 Å². The van der Waals surface area contributed by atoms with Crippen LogP contribution in [0.2, 0.25) is 0 Å². The molecule has 0 spiro atoms. The molecule has 88 valence electrons. The molecule has 0 amide bonds. The van der Waals surface area contributed by atoms with Crippen LogP contribution < -0.4 is 4.74 Å². The van der Waals surface area contributed by atoms with Gasteiger partial charge in [0.1, 0.15) is 0 Å². The highest BCUT2D eigenvalue weighted by Crippen LogP contribution is 2.37. The number of aromatic hydroxyl groups is 2. The second-order valence-electron chi connectivity index (χ2n) is 3.95. The summed E-state index contributed by atoms with van der Waals surface area (Å²) in [6.45, 7) is 3.58. The van der Waals surface area contributed by atoms with Crippen LogP contribution in [0.5, 0.6) is 23.0 Å². The Balaban J connectivity index is 2.38. The lowest BCUT2D eigenvalue weighted by atomic mass is 10.2. The Morgan fingerprint density at radius 2 is 1.18 bits per heavy atom. The average Bonchev–Trinajstić information content (AvgIpc) is 2.31. The third-order valence-corrected chi connectivity index (χ3v) is 2.62. The van der Waals surface area contributed by atoms with Gasteiger partial charge in [-0.25, -0.2) is 0 Å². The first-order valence-electron chi connectivity index (χ1n) is 5.34. The Morgan fingerprint density at radius 3 is 1.59 bits per heavy atom. The molecule has 2 aromatic carbocycles. The summed E-state index contributed by atoms with van der Waals surface area (Å²) < 4.78 is 5.50. The number of phenols is 2. The molecule has 3 heteroatoms. The molecule has 0 saturated heterocycles. The number of ether oxygens (including phenoxy) is 1. The van der Waals surface area contributed by atoms with E-state index in [0.29, 0.717) is 11.5 Å². The molecule has 17 heavy (non-hydrogen) atoms. The first-order chi connectivity index (χ1) is 8.09. The van der Waals surface area contributed by atoms with Crippen molar-refractivity contribution in [2.45, 2.75) is 13.8 Å². The molecular weight excluding hydrogens is 216 g/mol. The van der Waals surface area contributed by atoms with E-state index in [0.717, 1.165) is 11.1 Å². The van der Waals surface area contributed by atoms with E-state index in [9.17, 15) is 10.2 Å². The lowest BCUT2D eigenvalue weighted by Gasteiger charge is -2.11. The van der Waals surface area contributed by atoms with E-state index in [2.05, 4.69) is 0 Å². The number of hydrogen-bond acceptors (Lipinski definition) is 3. The molecule has 2 N–H and O–H groups in total. The summed E-state index contributed by atoms with van der Waals surface area (Å²) in [5, 5.41) is 19.6. The Hall–Kier alpha value is -2.16. The van der Waals surface area contributed by atoms with Crippen molar-refractivity contribution in [3.8, 4) is 23.0 Å². The Kier molecular flexibility index (Phi) is 2.91. The van der Waals surface area contributed by atoms with Gasteiger partial charge < -0.3 is 14.9 Å². The van der Waals surface area contributed by atoms with E-state index in [1.165, 1.54) is 0 Å². The number of phenolic OH excluding ortho intramolecular Hbond substituents is 2.